The van der Waals surface area contributed by atoms with Gasteiger partial charge >= 0.3 is 0 Å². The molecule has 2 rings (SSSR count). The number of benzene rings is 1. The minimum atomic E-state index is -0.200. The Morgan fingerprint density at radius 2 is 1.69 bits per heavy atom. The maximum absolute atomic E-state index is 11.7. The highest BCUT2D eigenvalue weighted by Crippen LogP contribution is 2.19. The summed E-state index contributed by atoms with van der Waals surface area (Å²) in [5.74, 6) is -0.319. The van der Waals surface area contributed by atoms with E-state index in [0.717, 1.165) is 0 Å². The number of allylic oxidation sites excluding steroid dienone is 4. The Morgan fingerprint density at radius 3 is 2.56 bits per heavy atom. The number of para-hydroxylation sites is 1. The van der Waals surface area contributed by atoms with Crippen LogP contribution in [0.25, 0.3) is 0 Å². The number of nitrogens with zero attached hydrogens (tertiary/aromatic N) is 1. The van der Waals surface area contributed by atoms with E-state index in [1.165, 1.54) is 24.4 Å². The maximum Gasteiger partial charge on any atom is 0.196 e. The summed E-state index contributed by atoms with van der Waals surface area (Å²) in [4.78, 5) is 27.0. The molecule has 1 heterocycles. The molecule has 0 unspecified atom stereocenters. The van der Waals surface area contributed by atoms with Gasteiger partial charge in [-0.25, -0.2) is 0 Å². The number of hydrogen-bond acceptors (Lipinski definition) is 3. The molecule has 0 bridgehead atoms. The molecule has 0 N–H and O–H groups in total. The van der Waals surface area contributed by atoms with E-state index < -0.39 is 0 Å². The highest BCUT2D eigenvalue weighted by atomic mass is 16.1. The fourth-order valence-electron chi connectivity index (χ4n) is 1.35. The van der Waals surface area contributed by atoms with Crippen LogP contribution in [0.2, 0.25) is 0 Å². The summed E-state index contributed by atoms with van der Waals surface area (Å²) in [6.07, 6.45) is 7.07. The van der Waals surface area contributed by atoms with Gasteiger partial charge < -0.3 is 0 Å². The van der Waals surface area contributed by atoms with Crippen LogP contribution in [0.3, 0.4) is 0 Å². The topological polar surface area (TPSA) is 46.5 Å². The van der Waals surface area contributed by atoms with Crippen molar-refractivity contribution in [2.24, 2.45) is 4.99 Å². The molecular weight excluding hydrogens is 202 g/mol. The van der Waals surface area contributed by atoms with Crippen LogP contribution in [0.1, 0.15) is 10.4 Å². The molecule has 0 amide bonds. The van der Waals surface area contributed by atoms with Crippen LogP contribution < -0.4 is 0 Å². The number of ketones is 2. The third-order valence-corrected chi connectivity index (χ3v) is 2.12. The van der Waals surface area contributed by atoms with E-state index in [-0.39, 0.29) is 11.6 Å². The van der Waals surface area contributed by atoms with Crippen molar-refractivity contribution in [1.82, 2.24) is 0 Å². The molecule has 0 radical (unpaired) electrons. The Morgan fingerprint density at radius 1 is 0.938 bits per heavy atom. The number of carbonyl (C=O) groups excluding carboxylic acids is 2. The lowest BCUT2D eigenvalue weighted by Gasteiger charge is -2.01. The van der Waals surface area contributed by atoms with Gasteiger partial charge in [-0.1, -0.05) is 24.3 Å². The molecule has 3 nitrogen and oxygen atoms in total. The molecule has 0 fully saturated rings. The molecule has 1 aromatic carbocycles. The van der Waals surface area contributed by atoms with Crippen LogP contribution in [0.4, 0.5) is 5.69 Å². The summed E-state index contributed by atoms with van der Waals surface area (Å²) in [6, 6.07) is 6.94. The van der Waals surface area contributed by atoms with Crippen LogP contribution in [0, 0.1) is 0 Å². The molecule has 0 saturated carbocycles. The molecule has 78 valence electrons. The van der Waals surface area contributed by atoms with Gasteiger partial charge in [-0.15, -0.1) is 0 Å². The number of fused-ring (bicyclic) bond motifs is 1. The molecule has 1 aromatic rings. The summed E-state index contributed by atoms with van der Waals surface area (Å²) in [6.45, 7) is 0. The average Bonchev–Trinajstić information content (AvgIpc) is 2.31. The lowest BCUT2D eigenvalue weighted by atomic mass is 10.1. The van der Waals surface area contributed by atoms with Crippen LogP contribution >= 0.6 is 0 Å². The van der Waals surface area contributed by atoms with Crippen LogP contribution in [0.15, 0.2) is 53.6 Å². The van der Waals surface area contributed by atoms with Gasteiger partial charge in [0.15, 0.2) is 11.6 Å². The van der Waals surface area contributed by atoms with Gasteiger partial charge in [-0.2, -0.15) is 0 Å². The smallest absolute Gasteiger partial charge is 0.196 e. The van der Waals surface area contributed by atoms with Crippen molar-refractivity contribution in [3.8, 4) is 0 Å². The Kier molecular flexibility index (Phi) is 2.87. The minimum Gasteiger partial charge on any atom is -0.289 e. The first-order chi connectivity index (χ1) is 7.77. The van der Waals surface area contributed by atoms with Gasteiger partial charge in [-0.3, -0.25) is 14.6 Å². The molecular formula is C13H9NO2. The van der Waals surface area contributed by atoms with Gasteiger partial charge in [0, 0.05) is 5.56 Å². The van der Waals surface area contributed by atoms with Crippen molar-refractivity contribution in [3.63, 3.8) is 0 Å². The third kappa shape index (κ3) is 2.20. The SMILES string of the molecule is O=C1C=CC=CC(=O)c2ccccc2N=C1. The minimum absolute atomic E-state index is 0.119. The monoisotopic (exact) mass is 211 g/mol. The Labute approximate surface area is 92.8 Å². The van der Waals surface area contributed by atoms with Gasteiger partial charge in [0.05, 0.1) is 11.9 Å². The van der Waals surface area contributed by atoms with E-state index >= 15 is 0 Å². The summed E-state index contributed by atoms with van der Waals surface area (Å²) in [7, 11) is 0. The molecule has 0 aromatic heterocycles. The summed E-state index contributed by atoms with van der Waals surface area (Å²) >= 11 is 0. The molecule has 0 aliphatic carbocycles. The predicted octanol–water partition coefficient (Wildman–Crippen LogP) is 2.27. The zero-order valence-corrected chi connectivity index (χ0v) is 8.46. The maximum atomic E-state index is 11.7. The van der Waals surface area contributed by atoms with Gasteiger partial charge in [0.1, 0.15) is 0 Å². The van der Waals surface area contributed by atoms with Crippen molar-refractivity contribution in [2.45, 2.75) is 0 Å². The molecule has 0 atom stereocenters. The lowest BCUT2D eigenvalue weighted by molar-refractivity contribution is -0.108. The second-order valence-corrected chi connectivity index (χ2v) is 3.26. The quantitative estimate of drug-likeness (QED) is 0.660. The van der Waals surface area contributed by atoms with E-state index in [9.17, 15) is 9.59 Å². The Hall–Kier alpha value is -2.29. The second kappa shape index (κ2) is 4.49. The first kappa shape index (κ1) is 10.2. The molecule has 16 heavy (non-hydrogen) atoms. The molecule has 0 saturated heterocycles. The number of rotatable bonds is 0. The van der Waals surface area contributed by atoms with Gasteiger partial charge in [-0.05, 0) is 24.3 Å². The highest BCUT2D eigenvalue weighted by Gasteiger charge is 2.07. The Bertz CT molecular complexity index is 524. The van der Waals surface area contributed by atoms with Crippen molar-refractivity contribution in [1.29, 1.82) is 0 Å². The fourth-order valence-corrected chi connectivity index (χ4v) is 1.35. The first-order valence-electron chi connectivity index (χ1n) is 4.83. The highest BCUT2D eigenvalue weighted by molar-refractivity contribution is 6.33. The van der Waals surface area contributed by atoms with Crippen molar-refractivity contribution in [2.75, 3.05) is 0 Å². The van der Waals surface area contributed by atoms with E-state index in [0.29, 0.717) is 11.3 Å². The largest absolute Gasteiger partial charge is 0.289 e. The van der Waals surface area contributed by atoms with Crippen molar-refractivity contribution >= 4 is 23.5 Å². The average molecular weight is 211 g/mol. The van der Waals surface area contributed by atoms with Crippen molar-refractivity contribution in [3.05, 3.63) is 54.1 Å². The molecule has 3 heteroatoms. The summed E-state index contributed by atoms with van der Waals surface area (Å²) in [5.41, 5.74) is 1.01. The summed E-state index contributed by atoms with van der Waals surface area (Å²) in [5, 5.41) is 0. The third-order valence-electron chi connectivity index (χ3n) is 2.12. The number of hydrogen-bond donors (Lipinski definition) is 0. The lowest BCUT2D eigenvalue weighted by Crippen LogP contribution is -1.98. The number of aliphatic imine (C=N–C) groups is 1. The van der Waals surface area contributed by atoms with E-state index in [1.807, 2.05) is 0 Å². The summed E-state index contributed by atoms with van der Waals surface area (Å²) < 4.78 is 0. The van der Waals surface area contributed by atoms with Crippen molar-refractivity contribution < 1.29 is 9.59 Å². The zero-order chi connectivity index (χ0) is 11.4. The van der Waals surface area contributed by atoms with Crippen LogP contribution in [-0.4, -0.2) is 17.8 Å². The number of carbonyl (C=O) groups is 2. The van der Waals surface area contributed by atoms with Crippen LogP contribution in [-0.2, 0) is 4.79 Å². The van der Waals surface area contributed by atoms with E-state index in [4.69, 9.17) is 0 Å². The first-order valence-corrected chi connectivity index (χ1v) is 4.83. The zero-order valence-electron chi connectivity index (χ0n) is 8.46. The van der Waals surface area contributed by atoms with E-state index in [2.05, 4.69) is 4.99 Å². The molecule has 1 aliphatic rings. The second-order valence-electron chi connectivity index (χ2n) is 3.26. The van der Waals surface area contributed by atoms with Crippen LogP contribution in [0.5, 0.6) is 0 Å². The standard InChI is InChI=1S/C13H9NO2/c15-10-5-1-4-8-13(16)11-6-2-3-7-12(11)14-9-10/h1-9H. The van der Waals surface area contributed by atoms with Gasteiger partial charge in [0.25, 0.3) is 0 Å². The predicted molar refractivity (Wildman–Crippen MR) is 62.2 cm³/mol. The normalized spacial score (nSPS) is 15.0. The molecule has 0 spiro atoms. The molecule has 1 aliphatic heterocycles. The van der Waals surface area contributed by atoms with Gasteiger partial charge in [0.2, 0.25) is 0 Å². The van der Waals surface area contributed by atoms with E-state index in [1.54, 1.807) is 30.3 Å². The Balaban J connectivity index is 2.54. The fraction of sp³-hybridized carbons (Fsp3) is 0.